The Morgan fingerprint density at radius 1 is 1.08 bits per heavy atom. The SMILES string of the molecule is COc1ccc2c(=O)cc(C(=O)NCc3ccccc3OC)oc2c1. The maximum atomic E-state index is 12.4. The predicted molar refractivity (Wildman–Crippen MR) is 93.2 cm³/mol. The van der Waals surface area contributed by atoms with Crippen molar-refractivity contribution in [2.45, 2.75) is 6.54 Å². The van der Waals surface area contributed by atoms with Gasteiger partial charge in [-0.05, 0) is 18.2 Å². The van der Waals surface area contributed by atoms with E-state index in [0.29, 0.717) is 22.5 Å². The molecule has 1 aromatic heterocycles. The number of methoxy groups -OCH3 is 2. The Kier molecular flexibility index (Phi) is 4.70. The van der Waals surface area contributed by atoms with Gasteiger partial charge in [-0.3, -0.25) is 9.59 Å². The summed E-state index contributed by atoms with van der Waals surface area (Å²) in [4.78, 5) is 24.5. The van der Waals surface area contributed by atoms with Gasteiger partial charge in [0.15, 0.2) is 11.2 Å². The number of hydrogen-bond donors (Lipinski definition) is 1. The van der Waals surface area contributed by atoms with Crippen LogP contribution in [0.4, 0.5) is 0 Å². The van der Waals surface area contributed by atoms with Gasteiger partial charge < -0.3 is 19.2 Å². The zero-order valence-electron chi connectivity index (χ0n) is 13.9. The minimum atomic E-state index is -0.479. The monoisotopic (exact) mass is 339 g/mol. The van der Waals surface area contributed by atoms with Crippen LogP contribution in [0, 0.1) is 0 Å². The Labute approximate surface area is 144 Å². The summed E-state index contributed by atoms with van der Waals surface area (Å²) >= 11 is 0. The Morgan fingerprint density at radius 3 is 2.64 bits per heavy atom. The van der Waals surface area contributed by atoms with Crippen LogP contribution in [0.1, 0.15) is 16.1 Å². The van der Waals surface area contributed by atoms with Crippen molar-refractivity contribution in [2.75, 3.05) is 14.2 Å². The van der Waals surface area contributed by atoms with Crippen molar-refractivity contribution >= 4 is 16.9 Å². The average Bonchev–Trinajstić information content (AvgIpc) is 2.65. The standard InChI is InChI=1S/C19H17NO5/c1-23-13-7-8-14-15(21)10-18(25-17(14)9-13)19(22)20-11-12-5-3-4-6-16(12)24-2/h3-10H,11H2,1-2H3,(H,20,22). The number of ether oxygens (including phenoxy) is 2. The van der Waals surface area contributed by atoms with E-state index in [4.69, 9.17) is 13.9 Å². The molecule has 0 radical (unpaired) electrons. The maximum Gasteiger partial charge on any atom is 0.287 e. The van der Waals surface area contributed by atoms with Gasteiger partial charge in [0, 0.05) is 24.2 Å². The maximum absolute atomic E-state index is 12.4. The minimum absolute atomic E-state index is 0.0550. The number of carbonyl (C=O) groups is 1. The number of amides is 1. The zero-order chi connectivity index (χ0) is 17.8. The van der Waals surface area contributed by atoms with Crippen LogP contribution in [0.2, 0.25) is 0 Å². The first-order valence-electron chi connectivity index (χ1n) is 7.64. The molecule has 0 bridgehead atoms. The molecule has 0 saturated heterocycles. The van der Waals surface area contributed by atoms with Crippen LogP contribution in [0.15, 0.2) is 57.7 Å². The molecule has 0 aliphatic carbocycles. The quantitative estimate of drug-likeness (QED) is 0.773. The molecule has 0 saturated carbocycles. The Hall–Kier alpha value is -3.28. The van der Waals surface area contributed by atoms with E-state index < -0.39 is 5.91 Å². The normalized spacial score (nSPS) is 10.5. The summed E-state index contributed by atoms with van der Waals surface area (Å²) in [6.07, 6.45) is 0. The summed E-state index contributed by atoms with van der Waals surface area (Å²) in [6.45, 7) is 0.253. The number of fused-ring (bicyclic) bond motifs is 1. The summed E-state index contributed by atoms with van der Waals surface area (Å²) < 4.78 is 15.9. The second-order valence-corrected chi connectivity index (χ2v) is 5.33. The molecule has 0 atom stereocenters. The highest BCUT2D eigenvalue weighted by atomic mass is 16.5. The van der Waals surface area contributed by atoms with Crippen LogP contribution in [0.3, 0.4) is 0 Å². The third-order valence-electron chi connectivity index (χ3n) is 3.79. The second kappa shape index (κ2) is 7.09. The van der Waals surface area contributed by atoms with Crippen molar-refractivity contribution < 1.29 is 18.7 Å². The first kappa shape index (κ1) is 16.6. The summed E-state index contributed by atoms with van der Waals surface area (Å²) in [7, 11) is 3.08. The molecule has 25 heavy (non-hydrogen) atoms. The van der Waals surface area contributed by atoms with Crippen molar-refractivity contribution in [3.05, 3.63) is 70.1 Å². The van der Waals surface area contributed by atoms with Gasteiger partial charge in [-0.2, -0.15) is 0 Å². The average molecular weight is 339 g/mol. The lowest BCUT2D eigenvalue weighted by molar-refractivity contribution is 0.0923. The van der Waals surface area contributed by atoms with Crippen LogP contribution >= 0.6 is 0 Å². The van der Waals surface area contributed by atoms with Gasteiger partial charge in [0.1, 0.15) is 17.1 Å². The molecule has 1 heterocycles. The van der Waals surface area contributed by atoms with Gasteiger partial charge in [-0.15, -0.1) is 0 Å². The molecular formula is C19H17NO5. The van der Waals surface area contributed by atoms with Crippen molar-refractivity contribution in [3.63, 3.8) is 0 Å². The Morgan fingerprint density at radius 2 is 1.88 bits per heavy atom. The van der Waals surface area contributed by atoms with E-state index in [-0.39, 0.29) is 17.7 Å². The molecule has 3 aromatic rings. The van der Waals surface area contributed by atoms with Gasteiger partial charge in [0.05, 0.1) is 19.6 Å². The van der Waals surface area contributed by atoms with Gasteiger partial charge in [0.2, 0.25) is 0 Å². The Balaban J connectivity index is 1.85. The van der Waals surface area contributed by atoms with E-state index in [1.54, 1.807) is 25.3 Å². The van der Waals surface area contributed by atoms with Crippen molar-refractivity contribution in [1.29, 1.82) is 0 Å². The number of para-hydroxylation sites is 1. The fourth-order valence-electron chi connectivity index (χ4n) is 2.49. The van der Waals surface area contributed by atoms with E-state index in [1.807, 2.05) is 24.3 Å². The second-order valence-electron chi connectivity index (χ2n) is 5.33. The van der Waals surface area contributed by atoms with Crippen molar-refractivity contribution in [1.82, 2.24) is 5.32 Å². The highest BCUT2D eigenvalue weighted by Gasteiger charge is 2.13. The first-order chi connectivity index (χ1) is 12.1. The molecule has 0 unspecified atom stereocenters. The topological polar surface area (TPSA) is 77.8 Å². The molecule has 0 aliphatic rings. The zero-order valence-corrected chi connectivity index (χ0v) is 13.9. The fraction of sp³-hybridized carbons (Fsp3) is 0.158. The molecule has 3 rings (SSSR count). The molecule has 2 aromatic carbocycles. The predicted octanol–water partition coefficient (Wildman–Crippen LogP) is 2.74. The summed E-state index contributed by atoms with van der Waals surface area (Å²) in [6, 6.07) is 13.4. The summed E-state index contributed by atoms with van der Waals surface area (Å²) in [5.41, 5.74) is 0.837. The lowest BCUT2D eigenvalue weighted by Crippen LogP contribution is -2.24. The molecule has 1 N–H and O–H groups in total. The summed E-state index contributed by atoms with van der Waals surface area (Å²) in [5.74, 6) is 0.683. The van der Waals surface area contributed by atoms with Gasteiger partial charge in [-0.25, -0.2) is 0 Å². The van der Waals surface area contributed by atoms with E-state index >= 15 is 0 Å². The molecule has 6 heteroatoms. The highest BCUT2D eigenvalue weighted by Crippen LogP contribution is 2.20. The number of nitrogens with one attached hydrogen (secondary N) is 1. The first-order valence-corrected chi connectivity index (χ1v) is 7.64. The van der Waals surface area contributed by atoms with E-state index in [1.165, 1.54) is 13.2 Å². The molecule has 0 aliphatic heterocycles. The number of rotatable bonds is 5. The molecule has 0 spiro atoms. The lowest BCUT2D eigenvalue weighted by Gasteiger charge is -2.09. The third-order valence-corrected chi connectivity index (χ3v) is 3.79. The largest absolute Gasteiger partial charge is 0.497 e. The summed E-state index contributed by atoms with van der Waals surface area (Å²) in [5, 5.41) is 3.12. The van der Waals surface area contributed by atoms with Crippen LogP contribution in [-0.4, -0.2) is 20.1 Å². The van der Waals surface area contributed by atoms with Gasteiger partial charge in [0.25, 0.3) is 5.91 Å². The van der Waals surface area contributed by atoms with E-state index in [2.05, 4.69) is 5.32 Å². The smallest absolute Gasteiger partial charge is 0.287 e. The molecule has 128 valence electrons. The van der Waals surface area contributed by atoms with Crippen LogP contribution in [0.25, 0.3) is 11.0 Å². The third kappa shape index (κ3) is 3.47. The Bertz CT molecular complexity index is 977. The highest BCUT2D eigenvalue weighted by molar-refractivity contribution is 5.93. The lowest BCUT2D eigenvalue weighted by atomic mass is 10.2. The van der Waals surface area contributed by atoms with E-state index in [9.17, 15) is 9.59 Å². The van der Waals surface area contributed by atoms with Crippen LogP contribution < -0.4 is 20.2 Å². The number of carbonyl (C=O) groups excluding carboxylic acids is 1. The van der Waals surface area contributed by atoms with Gasteiger partial charge in [-0.1, -0.05) is 18.2 Å². The van der Waals surface area contributed by atoms with Gasteiger partial charge >= 0.3 is 0 Å². The minimum Gasteiger partial charge on any atom is -0.497 e. The fourth-order valence-corrected chi connectivity index (χ4v) is 2.49. The van der Waals surface area contributed by atoms with Crippen LogP contribution in [-0.2, 0) is 6.54 Å². The van der Waals surface area contributed by atoms with E-state index in [0.717, 1.165) is 5.56 Å². The molecule has 6 nitrogen and oxygen atoms in total. The molecular weight excluding hydrogens is 322 g/mol. The van der Waals surface area contributed by atoms with Crippen molar-refractivity contribution in [2.24, 2.45) is 0 Å². The van der Waals surface area contributed by atoms with Crippen LogP contribution in [0.5, 0.6) is 11.5 Å². The molecule has 0 fully saturated rings. The number of benzene rings is 2. The van der Waals surface area contributed by atoms with Crippen molar-refractivity contribution in [3.8, 4) is 11.5 Å². The molecule has 1 amide bonds. The number of hydrogen-bond acceptors (Lipinski definition) is 5.